The van der Waals surface area contributed by atoms with E-state index in [1.165, 1.54) is 22.4 Å². The molecule has 0 radical (unpaired) electrons. The van der Waals surface area contributed by atoms with Gasteiger partial charge in [0, 0.05) is 18.5 Å². The molecule has 1 aliphatic carbocycles. The monoisotopic (exact) mass is 369 g/mol. The zero-order valence-corrected chi connectivity index (χ0v) is 16.4. The van der Waals surface area contributed by atoms with Gasteiger partial charge in [-0.15, -0.1) is 0 Å². The number of carbonyl (C=O) groups is 1. The quantitative estimate of drug-likeness (QED) is 0.784. The lowest BCUT2D eigenvalue weighted by molar-refractivity contribution is -0.905. The van der Waals surface area contributed by atoms with E-state index in [-0.39, 0.29) is 5.91 Å². The molecular weight excluding hydrogens is 340 g/mol. The minimum atomic E-state index is 0.0605. The third kappa shape index (κ3) is 4.61. The van der Waals surface area contributed by atoms with Gasteiger partial charge in [0.05, 0.1) is 21.3 Å². The van der Waals surface area contributed by atoms with Gasteiger partial charge in [0.1, 0.15) is 6.04 Å². The van der Waals surface area contributed by atoms with E-state index in [9.17, 15) is 4.79 Å². The highest BCUT2D eigenvalue weighted by Gasteiger charge is 2.27. The number of hydrogen-bond donors (Lipinski definition) is 2. The fourth-order valence-electron chi connectivity index (χ4n) is 3.90. The fraction of sp³-hybridized carbons (Fsp3) is 0.409. The maximum Gasteiger partial charge on any atom is 0.275 e. The third-order valence-electron chi connectivity index (χ3n) is 5.34. The second kappa shape index (κ2) is 8.91. The number of benzene rings is 2. The fourth-order valence-corrected chi connectivity index (χ4v) is 3.90. The van der Waals surface area contributed by atoms with Crippen LogP contribution in [-0.4, -0.2) is 33.7 Å². The first-order valence-corrected chi connectivity index (χ1v) is 9.50. The maximum atomic E-state index is 12.5. The third-order valence-corrected chi connectivity index (χ3v) is 5.34. The largest absolute Gasteiger partial charge is 0.493 e. The smallest absolute Gasteiger partial charge is 0.275 e. The molecule has 2 atom stereocenters. The van der Waals surface area contributed by atoms with Gasteiger partial charge in [0.2, 0.25) is 0 Å². The summed E-state index contributed by atoms with van der Waals surface area (Å²) < 4.78 is 10.6. The molecule has 0 spiro atoms. The number of ether oxygens (including phenoxy) is 2. The molecule has 1 amide bonds. The SMILES string of the molecule is COc1ccc(CNC(=O)C[NH+](C)[C@@H]2CCCc3ccccc32)cc1OC. The molecule has 5 heteroatoms. The lowest BCUT2D eigenvalue weighted by Crippen LogP contribution is -3.10. The molecule has 1 unspecified atom stereocenters. The molecule has 2 aromatic carbocycles. The zero-order chi connectivity index (χ0) is 19.2. The van der Waals surface area contributed by atoms with E-state index in [1.807, 2.05) is 18.2 Å². The van der Waals surface area contributed by atoms with E-state index in [4.69, 9.17) is 9.47 Å². The minimum Gasteiger partial charge on any atom is -0.493 e. The van der Waals surface area contributed by atoms with E-state index in [1.54, 1.807) is 14.2 Å². The van der Waals surface area contributed by atoms with Crippen molar-refractivity contribution < 1.29 is 19.2 Å². The van der Waals surface area contributed by atoms with Crippen molar-refractivity contribution in [2.24, 2.45) is 0 Å². The summed E-state index contributed by atoms with van der Waals surface area (Å²) in [6.07, 6.45) is 3.46. The predicted molar refractivity (Wildman–Crippen MR) is 105 cm³/mol. The van der Waals surface area contributed by atoms with Crippen LogP contribution >= 0.6 is 0 Å². The van der Waals surface area contributed by atoms with Crippen LogP contribution in [0.15, 0.2) is 42.5 Å². The van der Waals surface area contributed by atoms with Crippen LogP contribution in [0.1, 0.15) is 35.6 Å². The number of fused-ring (bicyclic) bond motifs is 1. The van der Waals surface area contributed by atoms with Crippen LogP contribution in [0.3, 0.4) is 0 Å². The zero-order valence-electron chi connectivity index (χ0n) is 16.4. The Morgan fingerprint density at radius 2 is 1.93 bits per heavy atom. The predicted octanol–water partition coefficient (Wildman–Crippen LogP) is 1.91. The van der Waals surface area contributed by atoms with E-state index < -0.39 is 0 Å². The molecule has 0 bridgehead atoms. The van der Waals surface area contributed by atoms with Crippen LogP contribution in [0.5, 0.6) is 11.5 Å². The molecule has 0 heterocycles. The number of amides is 1. The highest BCUT2D eigenvalue weighted by molar-refractivity contribution is 5.76. The summed E-state index contributed by atoms with van der Waals surface area (Å²) >= 11 is 0. The summed E-state index contributed by atoms with van der Waals surface area (Å²) in [5, 5.41) is 3.03. The summed E-state index contributed by atoms with van der Waals surface area (Å²) in [6, 6.07) is 14.7. The van der Waals surface area contributed by atoms with Gasteiger partial charge in [-0.1, -0.05) is 30.3 Å². The van der Waals surface area contributed by atoms with Crippen LogP contribution in [0.4, 0.5) is 0 Å². The summed E-state index contributed by atoms with van der Waals surface area (Å²) in [6.45, 7) is 0.944. The van der Waals surface area contributed by atoms with Gasteiger partial charge >= 0.3 is 0 Å². The minimum absolute atomic E-state index is 0.0605. The maximum absolute atomic E-state index is 12.5. The van der Waals surface area contributed by atoms with Crippen molar-refractivity contribution in [3.8, 4) is 11.5 Å². The molecule has 0 saturated heterocycles. The molecule has 2 N–H and O–H groups in total. The number of likely N-dealkylation sites (N-methyl/N-ethyl adjacent to an activating group) is 1. The first kappa shape index (κ1) is 19.2. The Morgan fingerprint density at radius 3 is 2.70 bits per heavy atom. The Hall–Kier alpha value is -2.53. The second-order valence-corrected chi connectivity index (χ2v) is 7.13. The molecule has 3 rings (SSSR count). The van der Waals surface area contributed by atoms with Crippen molar-refractivity contribution in [3.63, 3.8) is 0 Å². The van der Waals surface area contributed by atoms with Crippen LogP contribution in [0, 0.1) is 0 Å². The van der Waals surface area contributed by atoms with E-state index in [0.29, 0.717) is 30.6 Å². The Labute approximate surface area is 161 Å². The van der Waals surface area contributed by atoms with Crippen molar-refractivity contribution in [2.45, 2.75) is 31.8 Å². The second-order valence-electron chi connectivity index (χ2n) is 7.13. The van der Waals surface area contributed by atoms with Crippen molar-refractivity contribution in [3.05, 3.63) is 59.2 Å². The molecule has 27 heavy (non-hydrogen) atoms. The molecule has 0 aliphatic heterocycles. The number of aryl methyl sites for hydroxylation is 1. The van der Waals surface area contributed by atoms with Crippen LogP contribution in [0.2, 0.25) is 0 Å². The summed E-state index contributed by atoms with van der Waals surface area (Å²) in [5.41, 5.74) is 3.81. The van der Waals surface area contributed by atoms with Gasteiger partial charge in [-0.25, -0.2) is 0 Å². The van der Waals surface area contributed by atoms with E-state index >= 15 is 0 Å². The van der Waals surface area contributed by atoms with Crippen LogP contribution in [0.25, 0.3) is 0 Å². The lowest BCUT2D eigenvalue weighted by atomic mass is 9.87. The Morgan fingerprint density at radius 1 is 1.15 bits per heavy atom. The van der Waals surface area contributed by atoms with Gasteiger partial charge in [-0.3, -0.25) is 4.79 Å². The topological polar surface area (TPSA) is 52.0 Å². The average molecular weight is 369 g/mol. The Kier molecular flexibility index (Phi) is 6.35. The van der Waals surface area contributed by atoms with Gasteiger partial charge in [-0.05, 0) is 36.1 Å². The van der Waals surface area contributed by atoms with E-state index in [0.717, 1.165) is 18.4 Å². The lowest BCUT2D eigenvalue weighted by Gasteiger charge is -2.30. The summed E-state index contributed by atoms with van der Waals surface area (Å²) in [7, 11) is 5.34. The first-order chi connectivity index (χ1) is 13.1. The molecule has 0 fully saturated rings. The highest BCUT2D eigenvalue weighted by Crippen LogP contribution is 2.28. The van der Waals surface area contributed by atoms with Crippen molar-refractivity contribution in [1.29, 1.82) is 0 Å². The molecular formula is C22H29N2O3+. The average Bonchev–Trinajstić information content (AvgIpc) is 2.71. The van der Waals surface area contributed by atoms with Crippen LogP contribution in [-0.2, 0) is 17.8 Å². The summed E-state index contributed by atoms with van der Waals surface area (Å²) in [5.74, 6) is 1.42. The molecule has 2 aromatic rings. The number of carbonyl (C=O) groups excluding carboxylic acids is 1. The molecule has 0 saturated carbocycles. The standard InChI is InChI=1S/C22H28N2O3/c1-24(19-10-6-8-17-7-4-5-9-18(17)19)15-22(25)23-14-16-11-12-20(26-2)21(13-16)27-3/h4-5,7,9,11-13,19H,6,8,10,14-15H2,1-3H3,(H,23,25)/p+1/t19-/m1/s1. The summed E-state index contributed by atoms with van der Waals surface area (Å²) in [4.78, 5) is 13.7. The molecule has 1 aliphatic rings. The van der Waals surface area contributed by atoms with Crippen LogP contribution < -0.4 is 19.7 Å². The number of quaternary nitrogens is 1. The van der Waals surface area contributed by atoms with Gasteiger partial charge in [0.15, 0.2) is 18.0 Å². The van der Waals surface area contributed by atoms with E-state index in [2.05, 4.69) is 36.6 Å². The first-order valence-electron chi connectivity index (χ1n) is 9.50. The van der Waals surface area contributed by atoms with Crippen molar-refractivity contribution >= 4 is 5.91 Å². The van der Waals surface area contributed by atoms with Gasteiger partial charge in [0.25, 0.3) is 5.91 Å². The normalized spacial score (nSPS) is 16.9. The molecule has 5 nitrogen and oxygen atoms in total. The number of rotatable bonds is 7. The van der Waals surface area contributed by atoms with Gasteiger partial charge in [-0.2, -0.15) is 0 Å². The van der Waals surface area contributed by atoms with Gasteiger partial charge < -0.3 is 19.7 Å². The van der Waals surface area contributed by atoms with Crippen molar-refractivity contribution in [1.82, 2.24) is 5.32 Å². The number of hydrogen-bond acceptors (Lipinski definition) is 3. The molecule has 144 valence electrons. The number of methoxy groups -OCH3 is 2. The highest BCUT2D eigenvalue weighted by atomic mass is 16.5. The Balaban J connectivity index is 1.57. The Bertz CT molecular complexity index is 791. The number of nitrogens with one attached hydrogen (secondary N) is 2. The van der Waals surface area contributed by atoms with Crippen molar-refractivity contribution in [2.75, 3.05) is 27.8 Å². The molecule has 0 aromatic heterocycles.